The third kappa shape index (κ3) is 17.2. The van der Waals surface area contributed by atoms with E-state index in [1.807, 2.05) is 54.6 Å². The molecule has 0 amide bonds. The first kappa shape index (κ1) is 58.7. The van der Waals surface area contributed by atoms with Gasteiger partial charge in [-0.3, -0.25) is 9.97 Å². The second kappa shape index (κ2) is 28.5. The molecule has 0 fully saturated rings. The van der Waals surface area contributed by atoms with E-state index in [-0.39, 0.29) is 50.8 Å². The standard InChI is InChI=1S/C58H60N2O12S4/c1-38(2)51(61)67-25-27-69-55(65)47-16-11-42(12-17-47)35-74-57(49-10-8-9-24-59-49)23-21-46(37-75-57)34-72-54(64)41(7)30-44-15-20-50(60-32-44)58(31-45(22-29-73-58)33-71-53(63)40(5)6)76-36-43-13-18-48(19-14-43)56(66)70-28-26-68-52(62)39(3)4/h8-22,24,30,32H,1,3,5,23,25-29,31,33-37H2,2,4,6-7H3/b41-30+. The number of rotatable bonds is 25. The Hall–Kier alpha value is -6.60. The zero-order valence-electron chi connectivity index (χ0n) is 42.9. The summed E-state index contributed by atoms with van der Waals surface area (Å²) in [5, 5.41) is 0. The van der Waals surface area contributed by atoms with Crippen LogP contribution < -0.4 is 0 Å². The molecule has 4 heterocycles. The normalized spacial score (nSPS) is 17.2. The van der Waals surface area contributed by atoms with Crippen molar-refractivity contribution in [2.75, 3.05) is 51.1 Å². The number of allylic oxidation sites excluding steroid dienone is 1. The maximum atomic E-state index is 13.4. The van der Waals surface area contributed by atoms with E-state index < -0.39 is 44.0 Å². The molecule has 2 aliphatic heterocycles. The number of pyridine rings is 2. The van der Waals surface area contributed by atoms with E-state index in [0.29, 0.717) is 58.1 Å². The first-order valence-electron chi connectivity index (χ1n) is 24.1. The van der Waals surface area contributed by atoms with Crippen LogP contribution in [0.4, 0.5) is 0 Å². The van der Waals surface area contributed by atoms with E-state index in [2.05, 4.69) is 31.9 Å². The fraction of sp³-hybridized carbons (Fsp3) is 0.310. The minimum Gasteiger partial charge on any atom is -0.459 e. The van der Waals surface area contributed by atoms with E-state index in [4.69, 9.17) is 38.4 Å². The lowest BCUT2D eigenvalue weighted by atomic mass is 10.1. The van der Waals surface area contributed by atoms with Crippen LogP contribution in [0.2, 0.25) is 0 Å². The van der Waals surface area contributed by atoms with Gasteiger partial charge in [-0.1, -0.05) is 68.3 Å². The van der Waals surface area contributed by atoms with Crippen LogP contribution >= 0.6 is 47.0 Å². The highest BCUT2D eigenvalue weighted by molar-refractivity contribution is 8.17. The summed E-state index contributed by atoms with van der Waals surface area (Å²) >= 11 is 6.90. The van der Waals surface area contributed by atoms with E-state index in [9.17, 15) is 28.8 Å². The maximum absolute atomic E-state index is 13.4. The van der Waals surface area contributed by atoms with Gasteiger partial charge in [0.05, 0.1) is 22.5 Å². The molecule has 0 N–H and O–H groups in total. The molecular weight excluding hydrogens is 1040 g/mol. The minimum absolute atomic E-state index is 0.0566. The fourth-order valence-electron chi connectivity index (χ4n) is 7.21. The van der Waals surface area contributed by atoms with Crippen molar-refractivity contribution < 1.29 is 57.2 Å². The van der Waals surface area contributed by atoms with Gasteiger partial charge in [0, 0.05) is 64.1 Å². The first-order valence-corrected chi connectivity index (χ1v) is 28.0. The highest BCUT2D eigenvalue weighted by atomic mass is 32.2. The number of carbonyl (C=O) groups is 6. The summed E-state index contributed by atoms with van der Waals surface area (Å²) in [6.45, 7) is 17.2. The Morgan fingerprint density at radius 2 is 1.11 bits per heavy atom. The fourth-order valence-corrected chi connectivity index (χ4v) is 13.1. The smallest absolute Gasteiger partial charge is 0.338 e. The molecule has 6 rings (SSSR count). The van der Waals surface area contributed by atoms with Crippen molar-refractivity contribution in [3.63, 3.8) is 0 Å². The second-order valence-corrected chi connectivity index (χ2v) is 23.4. The van der Waals surface area contributed by atoms with Crippen molar-refractivity contribution in [3.8, 4) is 0 Å². The molecule has 0 bridgehead atoms. The summed E-state index contributed by atoms with van der Waals surface area (Å²) in [6.07, 6.45) is 10.7. The predicted octanol–water partition coefficient (Wildman–Crippen LogP) is 11.1. The molecule has 0 spiro atoms. The number of nitrogens with zero attached hydrogens (tertiary/aromatic N) is 2. The third-order valence-corrected chi connectivity index (χ3v) is 18.0. The van der Waals surface area contributed by atoms with Gasteiger partial charge in [-0.2, -0.15) is 0 Å². The van der Waals surface area contributed by atoms with Crippen molar-refractivity contribution in [1.29, 1.82) is 0 Å². The van der Waals surface area contributed by atoms with Crippen LogP contribution in [0.25, 0.3) is 6.08 Å². The van der Waals surface area contributed by atoms with Gasteiger partial charge in [0.25, 0.3) is 0 Å². The molecule has 4 aromatic rings. The average Bonchev–Trinajstić information content (AvgIpc) is 3.43. The van der Waals surface area contributed by atoms with Crippen LogP contribution in [0.5, 0.6) is 0 Å². The van der Waals surface area contributed by atoms with E-state index in [1.165, 1.54) is 6.92 Å². The number of hydrogen-bond donors (Lipinski definition) is 0. The molecule has 0 saturated heterocycles. The van der Waals surface area contributed by atoms with Crippen molar-refractivity contribution in [2.45, 2.75) is 60.2 Å². The van der Waals surface area contributed by atoms with Crippen LogP contribution in [0, 0.1) is 0 Å². The Balaban J connectivity index is 1.05. The zero-order valence-corrected chi connectivity index (χ0v) is 46.2. The lowest BCUT2D eigenvalue weighted by Crippen LogP contribution is -2.25. The molecule has 0 radical (unpaired) electrons. The van der Waals surface area contributed by atoms with Crippen molar-refractivity contribution >= 4 is 88.9 Å². The van der Waals surface area contributed by atoms with Gasteiger partial charge in [-0.15, -0.1) is 47.0 Å². The van der Waals surface area contributed by atoms with Gasteiger partial charge in [-0.25, -0.2) is 28.8 Å². The van der Waals surface area contributed by atoms with Gasteiger partial charge < -0.3 is 28.4 Å². The second-order valence-electron chi connectivity index (χ2n) is 17.7. The Bertz CT molecular complexity index is 2880. The molecular formula is C58H60N2O12S4. The summed E-state index contributed by atoms with van der Waals surface area (Å²) in [4.78, 5) is 83.8. The topological polar surface area (TPSA) is 184 Å². The van der Waals surface area contributed by atoms with Gasteiger partial charge in [0.2, 0.25) is 0 Å². The van der Waals surface area contributed by atoms with Crippen molar-refractivity contribution in [2.24, 2.45) is 0 Å². The summed E-state index contributed by atoms with van der Waals surface area (Å²) in [5.41, 5.74) is 8.40. The van der Waals surface area contributed by atoms with E-state index in [0.717, 1.165) is 39.2 Å². The Morgan fingerprint density at radius 1 is 0.579 bits per heavy atom. The highest BCUT2D eigenvalue weighted by Gasteiger charge is 2.39. The third-order valence-electron chi connectivity index (χ3n) is 11.5. The lowest BCUT2D eigenvalue weighted by Gasteiger charge is -2.36. The van der Waals surface area contributed by atoms with Crippen LogP contribution in [0.1, 0.15) is 89.3 Å². The molecule has 0 saturated carbocycles. The van der Waals surface area contributed by atoms with Crippen molar-refractivity contribution in [3.05, 3.63) is 196 Å². The quantitative estimate of drug-likeness (QED) is 0.0200. The van der Waals surface area contributed by atoms with Crippen molar-refractivity contribution in [1.82, 2.24) is 9.97 Å². The minimum atomic E-state index is -0.566. The molecule has 2 aliphatic rings. The number of esters is 6. The summed E-state index contributed by atoms with van der Waals surface area (Å²) in [6, 6.07) is 24.1. The Morgan fingerprint density at radius 3 is 1.62 bits per heavy atom. The Kier molecular flexibility index (Phi) is 22.0. The molecule has 2 atom stereocenters. The summed E-state index contributed by atoms with van der Waals surface area (Å²) < 4.78 is 30.9. The number of aromatic nitrogens is 2. The number of carbonyl (C=O) groups excluding carboxylic acids is 6. The van der Waals surface area contributed by atoms with Crippen LogP contribution in [-0.2, 0) is 67.3 Å². The number of ether oxygens (including phenoxy) is 6. The molecule has 398 valence electrons. The van der Waals surface area contributed by atoms with E-state index in [1.54, 1.807) is 111 Å². The molecule has 18 heteroatoms. The number of benzene rings is 2. The Labute approximate surface area is 460 Å². The molecule has 76 heavy (non-hydrogen) atoms. The van der Waals surface area contributed by atoms with Gasteiger partial charge >= 0.3 is 35.8 Å². The molecule has 2 unspecified atom stereocenters. The summed E-state index contributed by atoms with van der Waals surface area (Å²) in [5.74, 6) is -0.535. The number of thioether (sulfide) groups is 4. The highest BCUT2D eigenvalue weighted by Crippen LogP contribution is 2.54. The van der Waals surface area contributed by atoms with Crippen LogP contribution in [0.3, 0.4) is 0 Å². The predicted molar refractivity (Wildman–Crippen MR) is 300 cm³/mol. The van der Waals surface area contributed by atoms with Crippen LogP contribution in [0.15, 0.2) is 157 Å². The molecule has 2 aromatic heterocycles. The zero-order chi connectivity index (χ0) is 54.7. The van der Waals surface area contributed by atoms with Gasteiger partial charge in [0.15, 0.2) is 0 Å². The maximum Gasteiger partial charge on any atom is 0.338 e. The monoisotopic (exact) mass is 1100 g/mol. The molecule has 14 nitrogen and oxygen atoms in total. The molecule has 2 aromatic carbocycles. The summed E-state index contributed by atoms with van der Waals surface area (Å²) in [7, 11) is 0. The SMILES string of the molecule is C=C(C)C(=O)OCCOC(=O)c1ccc(CSC2(c3ccccn3)CC=C(COC(=O)/C(C)=C/c3ccc(C4(SCc5ccc(C(=O)OCCOC(=O)C(=C)C)cc5)CC(COC(=O)C(=C)C)=CCS4)nc3)CS2)cc1. The lowest BCUT2D eigenvalue weighted by molar-refractivity contribution is -0.140. The van der Waals surface area contributed by atoms with Gasteiger partial charge in [-0.05, 0) is 110 Å². The largest absolute Gasteiger partial charge is 0.459 e. The van der Waals surface area contributed by atoms with E-state index >= 15 is 0 Å². The van der Waals surface area contributed by atoms with Crippen LogP contribution in [-0.4, -0.2) is 96.9 Å². The number of hydrogen-bond acceptors (Lipinski definition) is 18. The average molecular weight is 1110 g/mol. The first-order chi connectivity index (χ1) is 36.5. The molecule has 0 aliphatic carbocycles. The van der Waals surface area contributed by atoms with Gasteiger partial charge in [0.1, 0.15) is 47.8 Å².